The Morgan fingerprint density at radius 3 is 2.70 bits per heavy atom. The normalized spacial score (nSPS) is 12.6. The number of methoxy groups -OCH3 is 1. The van der Waals surface area contributed by atoms with Gasteiger partial charge in [-0.25, -0.2) is 0 Å². The fourth-order valence-electron chi connectivity index (χ4n) is 3.16. The molecular formula is C22H20O8. The lowest BCUT2D eigenvalue weighted by atomic mass is 10.1. The zero-order valence-electron chi connectivity index (χ0n) is 16.3. The molecule has 1 aliphatic heterocycles. The molecule has 8 nitrogen and oxygen atoms in total. The van der Waals surface area contributed by atoms with E-state index < -0.39 is 0 Å². The molecule has 2 heterocycles. The second-order valence-electron chi connectivity index (χ2n) is 6.66. The van der Waals surface area contributed by atoms with Crippen molar-refractivity contribution in [3.05, 3.63) is 46.6 Å². The number of phenolic OH excluding ortho intramolecular Hbond substituents is 1. The van der Waals surface area contributed by atoms with Crippen molar-refractivity contribution in [2.24, 2.45) is 0 Å². The Hall–Kier alpha value is -3.68. The van der Waals surface area contributed by atoms with Crippen molar-refractivity contribution in [3.8, 4) is 34.3 Å². The molecule has 0 aliphatic carbocycles. The van der Waals surface area contributed by atoms with Crippen LogP contribution in [0, 0.1) is 0 Å². The van der Waals surface area contributed by atoms with Gasteiger partial charge in [0.1, 0.15) is 24.5 Å². The first kappa shape index (κ1) is 19.6. The molecule has 4 rings (SSSR count). The van der Waals surface area contributed by atoms with Gasteiger partial charge in [-0.1, -0.05) is 0 Å². The molecule has 0 bridgehead atoms. The Bertz CT molecular complexity index is 1150. The van der Waals surface area contributed by atoms with Crippen LogP contribution >= 0.6 is 0 Å². The van der Waals surface area contributed by atoms with Gasteiger partial charge in [-0.3, -0.25) is 9.59 Å². The number of aromatic hydroxyl groups is 1. The minimum atomic E-state index is -0.376. The molecule has 8 heteroatoms. The van der Waals surface area contributed by atoms with Gasteiger partial charge >= 0.3 is 5.97 Å². The van der Waals surface area contributed by atoms with Crippen molar-refractivity contribution in [3.63, 3.8) is 0 Å². The lowest BCUT2D eigenvalue weighted by molar-refractivity contribution is -0.140. The molecule has 30 heavy (non-hydrogen) atoms. The maximum atomic E-state index is 13.1. The van der Waals surface area contributed by atoms with E-state index in [0.717, 1.165) is 0 Å². The van der Waals surface area contributed by atoms with Gasteiger partial charge < -0.3 is 28.5 Å². The van der Waals surface area contributed by atoms with Crippen molar-refractivity contribution in [2.45, 2.75) is 12.8 Å². The quantitative estimate of drug-likeness (QED) is 0.486. The highest BCUT2D eigenvalue weighted by Gasteiger charge is 2.21. The SMILES string of the molecule is COC(=O)CCCOc1c(-c2ccc3c(c2)OCCO3)oc2cc(O)ccc2c1=O. The molecule has 0 fully saturated rings. The summed E-state index contributed by atoms with van der Waals surface area (Å²) in [7, 11) is 1.32. The molecule has 0 saturated carbocycles. The van der Waals surface area contributed by atoms with E-state index in [-0.39, 0.29) is 52.7 Å². The van der Waals surface area contributed by atoms with Crippen LogP contribution in [-0.2, 0) is 9.53 Å². The van der Waals surface area contributed by atoms with Crippen LogP contribution in [0.5, 0.6) is 23.0 Å². The summed E-state index contributed by atoms with van der Waals surface area (Å²) in [5.74, 6) is 0.987. The number of rotatable bonds is 6. The number of carbonyl (C=O) groups is 1. The predicted octanol–water partition coefficient (Wildman–Crippen LogP) is 3.27. The van der Waals surface area contributed by atoms with E-state index in [0.29, 0.717) is 36.7 Å². The summed E-state index contributed by atoms with van der Waals surface area (Å²) >= 11 is 0. The third kappa shape index (κ3) is 3.89. The lowest BCUT2D eigenvalue weighted by Crippen LogP contribution is -2.15. The highest BCUT2D eigenvalue weighted by molar-refractivity contribution is 5.83. The predicted molar refractivity (Wildman–Crippen MR) is 107 cm³/mol. The maximum Gasteiger partial charge on any atom is 0.305 e. The number of esters is 1. The molecule has 0 unspecified atom stereocenters. The molecule has 1 N–H and O–H groups in total. The van der Waals surface area contributed by atoms with Crippen molar-refractivity contribution < 1.29 is 33.3 Å². The maximum absolute atomic E-state index is 13.1. The third-order valence-corrected chi connectivity index (χ3v) is 4.64. The van der Waals surface area contributed by atoms with Crippen molar-refractivity contribution in [1.82, 2.24) is 0 Å². The first-order valence-corrected chi connectivity index (χ1v) is 9.46. The second kappa shape index (κ2) is 8.36. The van der Waals surface area contributed by atoms with E-state index in [1.165, 1.54) is 25.3 Å². The molecule has 3 aromatic rings. The fraction of sp³-hybridized carbons (Fsp3) is 0.273. The first-order chi connectivity index (χ1) is 14.6. The van der Waals surface area contributed by atoms with Crippen LogP contribution in [0.25, 0.3) is 22.3 Å². The average molecular weight is 412 g/mol. The van der Waals surface area contributed by atoms with Crippen molar-refractivity contribution in [1.29, 1.82) is 0 Å². The van der Waals surface area contributed by atoms with Crippen LogP contribution in [0.3, 0.4) is 0 Å². The summed E-state index contributed by atoms with van der Waals surface area (Å²) in [6.07, 6.45) is 0.545. The van der Waals surface area contributed by atoms with Gasteiger partial charge in [-0.2, -0.15) is 0 Å². The summed E-state index contributed by atoms with van der Waals surface area (Å²) in [5, 5.41) is 10.1. The van der Waals surface area contributed by atoms with Gasteiger partial charge in [-0.15, -0.1) is 0 Å². The van der Waals surface area contributed by atoms with Crippen molar-refractivity contribution in [2.75, 3.05) is 26.9 Å². The number of ether oxygens (including phenoxy) is 4. The van der Waals surface area contributed by atoms with Gasteiger partial charge in [0.05, 0.1) is 19.1 Å². The minimum Gasteiger partial charge on any atom is -0.508 e. The number of hydrogen-bond donors (Lipinski definition) is 1. The Balaban J connectivity index is 1.76. The number of carbonyl (C=O) groups excluding carboxylic acids is 1. The number of phenols is 1. The fourth-order valence-corrected chi connectivity index (χ4v) is 3.16. The average Bonchev–Trinajstić information content (AvgIpc) is 2.77. The molecule has 0 amide bonds. The van der Waals surface area contributed by atoms with E-state index >= 15 is 0 Å². The first-order valence-electron chi connectivity index (χ1n) is 9.46. The number of benzene rings is 2. The lowest BCUT2D eigenvalue weighted by Gasteiger charge is -2.19. The molecule has 0 spiro atoms. The van der Waals surface area contributed by atoms with E-state index in [9.17, 15) is 14.7 Å². The molecule has 0 atom stereocenters. The molecule has 0 saturated heterocycles. The molecule has 2 aromatic carbocycles. The zero-order valence-corrected chi connectivity index (χ0v) is 16.3. The molecule has 1 aliphatic rings. The molecule has 0 radical (unpaired) electrons. The number of fused-ring (bicyclic) bond motifs is 2. The molecular weight excluding hydrogens is 392 g/mol. The minimum absolute atomic E-state index is 0.0227. The highest BCUT2D eigenvalue weighted by atomic mass is 16.6. The third-order valence-electron chi connectivity index (χ3n) is 4.64. The van der Waals surface area contributed by atoms with Gasteiger partial charge in [0, 0.05) is 18.1 Å². The molecule has 1 aromatic heterocycles. The Morgan fingerprint density at radius 1 is 1.10 bits per heavy atom. The standard InChI is InChI=1S/C22H20O8/c1-26-19(24)3-2-8-29-22-20(25)15-6-5-14(23)12-17(15)30-21(22)13-4-7-16-18(11-13)28-10-9-27-16/h4-7,11-12,23H,2-3,8-10H2,1H3. The largest absolute Gasteiger partial charge is 0.508 e. The number of hydrogen-bond acceptors (Lipinski definition) is 8. The summed E-state index contributed by atoms with van der Waals surface area (Å²) in [6.45, 7) is 1.01. The summed E-state index contributed by atoms with van der Waals surface area (Å²) in [6, 6.07) is 9.44. The van der Waals surface area contributed by atoms with Crippen LogP contribution in [0.15, 0.2) is 45.6 Å². The van der Waals surface area contributed by atoms with Crippen LogP contribution in [0.4, 0.5) is 0 Å². The summed E-state index contributed by atoms with van der Waals surface area (Å²) in [5.41, 5.74) is 0.413. The van der Waals surface area contributed by atoms with Gasteiger partial charge in [0.25, 0.3) is 0 Å². The van der Waals surface area contributed by atoms with E-state index in [1.54, 1.807) is 18.2 Å². The Kier molecular flexibility index (Phi) is 5.47. The topological polar surface area (TPSA) is 104 Å². The highest BCUT2D eigenvalue weighted by Crippen LogP contribution is 2.38. The van der Waals surface area contributed by atoms with Crippen LogP contribution in [-0.4, -0.2) is 38.0 Å². The second-order valence-corrected chi connectivity index (χ2v) is 6.66. The van der Waals surface area contributed by atoms with Crippen LogP contribution < -0.4 is 19.6 Å². The zero-order chi connectivity index (χ0) is 21.1. The Morgan fingerprint density at radius 2 is 1.90 bits per heavy atom. The van der Waals surface area contributed by atoms with E-state index in [2.05, 4.69) is 4.74 Å². The van der Waals surface area contributed by atoms with Crippen LogP contribution in [0.2, 0.25) is 0 Å². The Labute approximate surface area is 171 Å². The molecule has 156 valence electrons. The van der Waals surface area contributed by atoms with Gasteiger partial charge in [0.2, 0.25) is 11.2 Å². The van der Waals surface area contributed by atoms with Crippen molar-refractivity contribution >= 4 is 16.9 Å². The van der Waals surface area contributed by atoms with Crippen LogP contribution in [0.1, 0.15) is 12.8 Å². The van der Waals surface area contributed by atoms with E-state index in [4.69, 9.17) is 18.6 Å². The smallest absolute Gasteiger partial charge is 0.305 e. The van der Waals surface area contributed by atoms with Gasteiger partial charge in [-0.05, 0) is 36.8 Å². The monoisotopic (exact) mass is 412 g/mol. The van der Waals surface area contributed by atoms with E-state index in [1.807, 2.05) is 0 Å². The summed E-state index contributed by atoms with van der Waals surface area (Å²) < 4.78 is 27.5. The van der Waals surface area contributed by atoms with Gasteiger partial charge in [0.15, 0.2) is 17.3 Å². The summed E-state index contributed by atoms with van der Waals surface area (Å²) in [4.78, 5) is 24.4.